The zero-order valence-corrected chi connectivity index (χ0v) is 11.8. The van der Waals surface area contributed by atoms with Gasteiger partial charge in [0.05, 0.1) is 6.20 Å². The number of nitrogens with one attached hydrogen (secondary N) is 1. The summed E-state index contributed by atoms with van der Waals surface area (Å²) in [7, 11) is 0. The molecule has 7 heteroatoms. The Labute approximate surface area is 121 Å². The monoisotopic (exact) mass is 291 g/mol. The molecule has 1 aliphatic heterocycles. The van der Waals surface area contributed by atoms with E-state index in [0.29, 0.717) is 5.76 Å². The fourth-order valence-electron chi connectivity index (χ4n) is 3.10. The quantitative estimate of drug-likeness (QED) is 0.849. The van der Waals surface area contributed by atoms with E-state index in [1.807, 2.05) is 0 Å². The summed E-state index contributed by atoms with van der Waals surface area (Å²) in [5, 5.41) is 2.27. The lowest BCUT2D eigenvalue weighted by Gasteiger charge is -2.32. The molecule has 1 saturated carbocycles. The number of amides is 4. The molecule has 1 atom stereocenters. The van der Waals surface area contributed by atoms with Crippen LogP contribution in [0.4, 0.5) is 4.79 Å². The standard InChI is InChI=1S/C14H17N3O4/c1-8-6-15-10(21-8)7-17-13(19)11(9-4-2-3-5-9)12(18)16-14(17)20/h6,9,11H,2-5,7H2,1H3,(H,16,18,20). The molecule has 2 heterocycles. The Morgan fingerprint density at radius 2 is 2.05 bits per heavy atom. The molecule has 1 unspecified atom stereocenters. The number of barbiturate groups is 1. The number of hydrogen-bond acceptors (Lipinski definition) is 5. The summed E-state index contributed by atoms with van der Waals surface area (Å²) < 4.78 is 5.30. The number of aryl methyl sites for hydroxylation is 1. The Bertz CT molecular complexity index is 589. The van der Waals surface area contributed by atoms with E-state index in [-0.39, 0.29) is 18.4 Å². The van der Waals surface area contributed by atoms with Crippen LogP contribution >= 0.6 is 0 Å². The Hall–Kier alpha value is -2.18. The molecule has 3 rings (SSSR count). The van der Waals surface area contributed by atoms with Crippen molar-refractivity contribution in [3.8, 4) is 0 Å². The van der Waals surface area contributed by atoms with Gasteiger partial charge in [0.25, 0.3) is 0 Å². The second kappa shape index (κ2) is 5.31. The first kappa shape index (κ1) is 13.8. The molecule has 4 amide bonds. The van der Waals surface area contributed by atoms with Gasteiger partial charge in [0.1, 0.15) is 18.2 Å². The number of urea groups is 1. The van der Waals surface area contributed by atoms with Gasteiger partial charge in [-0.2, -0.15) is 0 Å². The molecule has 2 aliphatic rings. The van der Waals surface area contributed by atoms with Crippen molar-refractivity contribution < 1.29 is 18.8 Å². The highest BCUT2D eigenvalue weighted by Crippen LogP contribution is 2.34. The predicted molar refractivity (Wildman–Crippen MR) is 70.8 cm³/mol. The van der Waals surface area contributed by atoms with Crippen molar-refractivity contribution in [1.82, 2.24) is 15.2 Å². The van der Waals surface area contributed by atoms with Crippen molar-refractivity contribution in [2.75, 3.05) is 0 Å². The maximum atomic E-state index is 12.5. The molecular formula is C14H17N3O4. The fourth-order valence-corrected chi connectivity index (χ4v) is 3.10. The second-order valence-corrected chi connectivity index (χ2v) is 5.61. The molecule has 21 heavy (non-hydrogen) atoms. The zero-order valence-electron chi connectivity index (χ0n) is 11.8. The van der Waals surface area contributed by atoms with E-state index in [0.717, 1.165) is 30.6 Å². The van der Waals surface area contributed by atoms with Crippen LogP contribution in [0.3, 0.4) is 0 Å². The summed E-state index contributed by atoms with van der Waals surface area (Å²) in [5.74, 6) is -0.752. The lowest BCUT2D eigenvalue weighted by atomic mass is 9.87. The molecule has 0 radical (unpaired) electrons. The number of rotatable bonds is 3. The Balaban J connectivity index is 1.80. The average Bonchev–Trinajstić information content (AvgIpc) is 3.06. The average molecular weight is 291 g/mol. The third-order valence-electron chi connectivity index (χ3n) is 4.12. The minimum Gasteiger partial charge on any atom is -0.444 e. The lowest BCUT2D eigenvalue weighted by molar-refractivity contribution is -0.145. The highest BCUT2D eigenvalue weighted by molar-refractivity contribution is 6.16. The molecule has 0 aromatic carbocycles. The SMILES string of the molecule is Cc1cnc(CN2C(=O)NC(=O)C(C3CCCC3)C2=O)o1. The van der Waals surface area contributed by atoms with Gasteiger partial charge in [-0.25, -0.2) is 9.78 Å². The molecule has 112 valence electrons. The highest BCUT2D eigenvalue weighted by atomic mass is 16.4. The van der Waals surface area contributed by atoms with Crippen LogP contribution in [0, 0.1) is 18.8 Å². The van der Waals surface area contributed by atoms with Gasteiger partial charge >= 0.3 is 6.03 Å². The summed E-state index contributed by atoms with van der Waals surface area (Å²) in [4.78, 5) is 41.4. The van der Waals surface area contributed by atoms with Gasteiger partial charge in [-0.1, -0.05) is 12.8 Å². The Kier molecular flexibility index (Phi) is 3.48. The lowest BCUT2D eigenvalue weighted by Crippen LogP contribution is -2.59. The van der Waals surface area contributed by atoms with Gasteiger partial charge in [0, 0.05) is 0 Å². The topological polar surface area (TPSA) is 92.5 Å². The van der Waals surface area contributed by atoms with E-state index >= 15 is 0 Å². The van der Waals surface area contributed by atoms with Crippen LogP contribution in [-0.2, 0) is 16.1 Å². The third kappa shape index (κ3) is 2.55. The second-order valence-electron chi connectivity index (χ2n) is 5.61. The van der Waals surface area contributed by atoms with Crippen LogP contribution in [0.5, 0.6) is 0 Å². The van der Waals surface area contributed by atoms with Gasteiger partial charge < -0.3 is 4.42 Å². The third-order valence-corrected chi connectivity index (χ3v) is 4.12. The van der Waals surface area contributed by atoms with Gasteiger partial charge in [0.2, 0.25) is 17.7 Å². The summed E-state index contributed by atoms with van der Waals surface area (Å²) in [6.07, 6.45) is 5.28. The summed E-state index contributed by atoms with van der Waals surface area (Å²) in [6.45, 7) is 1.69. The van der Waals surface area contributed by atoms with E-state index in [1.165, 1.54) is 6.20 Å². The molecule has 1 aromatic rings. The van der Waals surface area contributed by atoms with Crippen LogP contribution in [0.25, 0.3) is 0 Å². The molecule has 1 saturated heterocycles. The fraction of sp³-hybridized carbons (Fsp3) is 0.571. The van der Waals surface area contributed by atoms with Gasteiger partial charge in [-0.3, -0.25) is 19.8 Å². The van der Waals surface area contributed by atoms with Crippen LogP contribution < -0.4 is 5.32 Å². The van der Waals surface area contributed by atoms with Gasteiger partial charge in [-0.05, 0) is 25.7 Å². The summed E-state index contributed by atoms with van der Waals surface area (Å²) >= 11 is 0. The molecular weight excluding hydrogens is 274 g/mol. The van der Waals surface area contributed by atoms with Gasteiger partial charge in [-0.15, -0.1) is 0 Å². The highest BCUT2D eigenvalue weighted by Gasteiger charge is 2.45. The number of hydrogen-bond donors (Lipinski definition) is 1. The summed E-state index contributed by atoms with van der Waals surface area (Å²) in [5.41, 5.74) is 0. The number of carbonyl (C=O) groups is 3. The largest absolute Gasteiger partial charge is 0.444 e. The first-order chi connectivity index (χ1) is 10.1. The number of oxazole rings is 1. The van der Waals surface area contributed by atoms with Crippen molar-refractivity contribution in [3.63, 3.8) is 0 Å². The van der Waals surface area contributed by atoms with Gasteiger partial charge in [0.15, 0.2) is 0 Å². The number of aromatic nitrogens is 1. The Morgan fingerprint density at radius 3 is 2.67 bits per heavy atom. The van der Waals surface area contributed by atoms with E-state index < -0.39 is 23.8 Å². The molecule has 1 aliphatic carbocycles. The van der Waals surface area contributed by atoms with Crippen molar-refractivity contribution >= 4 is 17.8 Å². The smallest absolute Gasteiger partial charge is 0.331 e. The minimum absolute atomic E-state index is 0.0272. The van der Waals surface area contributed by atoms with E-state index in [9.17, 15) is 14.4 Å². The predicted octanol–water partition coefficient (Wildman–Crippen LogP) is 1.37. The maximum absolute atomic E-state index is 12.5. The number of carbonyl (C=O) groups excluding carboxylic acids is 3. The normalized spacial score (nSPS) is 23.8. The van der Waals surface area contributed by atoms with E-state index in [2.05, 4.69) is 10.3 Å². The van der Waals surface area contributed by atoms with Crippen molar-refractivity contribution in [2.24, 2.45) is 11.8 Å². The zero-order chi connectivity index (χ0) is 15.0. The molecule has 7 nitrogen and oxygen atoms in total. The minimum atomic E-state index is -0.763. The van der Waals surface area contributed by atoms with E-state index in [1.54, 1.807) is 6.92 Å². The molecule has 1 N–H and O–H groups in total. The van der Waals surface area contributed by atoms with Crippen LogP contribution in [0.15, 0.2) is 10.6 Å². The molecule has 1 aromatic heterocycles. The van der Waals surface area contributed by atoms with Crippen molar-refractivity contribution in [1.29, 1.82) is 0 Å². The number of nitrogens with zero attached hydrogens (tertiary/aromatic N) is 2. The van der Waals surface area contributed by atoms with Crippen molar-refractivity contribution in [3.05, 3.63) is 17.8 Å². The first-order valence-corrected chi connectivity index (χ1v) is 7.14. The maximum Gasteiger partial charge on any atom is 0.331 e. The molecule has 0 bridgehead atoms. The first-order valence-electron chi connectivity index (χ1n) is 7.14. The van der Waals surface area contributed by atoms with Crippen molar-refractivity contribution in [2.45, 2.75) is 39.2 Å². The number of imide groups is 2. The molecule has 0 spiro atoms. The van der Waals surface area contributed by atoms with Crippen LogP contribution in [0.1, 0.15) is 37.3 Å². The Morgan fingerprint density at radius 1 is 1.33 bits per heavy atom. The van der Waals surface area contributed by atoms with Crippen LogP contribution in [-0.4, -0.2) is 27.7 Å². The van der Waals surface area contributed by atoms with Crippen LogP contribution in [0.2, 0.25) is 0 Å². The molecule has 2 fully saturated rings. The summed E-state index contributed by atoms with van der Waals surface area (Å²) in [6, 6.07) is -0.699. The van der Waals surface area contributed by atoms with E-state index in [4.69, 9.17) is 4.42 Å².